The lowest BCUT2D eigenvalue weighted by atomic mass is 9.95. The molecule has 5 nitrogen and oxygen atoms in total. The number of hydrogen-bond acceptors (Lipinski definition) is 4. The first-order valence-electron chi connectivity index (χ1n) is 5.67. The van der Waals surface area contributed by atoms with Crippen LogP contribution in [0.4, 0.5) is 0 Å². The fraction of sp³-hybridized carbons (Fsp3) is 0.462. The van der Waals surface area contributed by atoms with Gasteiger partial charge in [-0.25, -0.2) is 5.84 Å². The minimum absolute atomic E-state index is 0.148. The van der Waals surface area contributed by atoms with Crippen LogP contribution in [-0.4, -0.2) is 32.2 Å². The number of likely N-dealkylation sites (N-methyl/N-ethyl adjacent to an activating group) is 1. The third-order valence-electron chi connectivity index (χ3n) is 2.96. The molecule has 0 saturated carbocycles. The van der Waals surface area contributed by atoms with E-state index >= 15 is 0 Å². The van der Waals surface area contributed by atoms with Crippen molar-refractivity contribution in [3.8, 4) is 11.5 Å². The van der Waals surface area contributed by atoms with Crippen molar-refractivity contribution in [3.05, 3.63) is 23.3 Å². The van der Waals surface area contributed by atoms with Gasteiger partial charge in [-0.2, -0.15) is 0 Å². The van der Waals surface area contributed by atoms with Gasteiger partial charge < -0.3 is 9.47 Å². The van der Waals surface area contributed by atoms with Gasteiger partial charge in [-0.1, -0.05) is 0 Å². The lowest BCUT2D eigenvalue weighted by molar-refractivity contribution is -0.131. The normalized spacial score (nSPS) is 11.9. The van der Waals surface area contributed by atoms with E-state index in [1.54, 1.807) is 14.2 Å². The van der Waals surface area contributed by atoms with Gasteiger partial charge >= 0.3 is 0 Å². The molecule has 0 heterocycles. The summed E-state index contributed by atoms with van der Waals surface area (Å²) in [6.45, 7) is 3.75. The van der Waals surface area contributed by atoms with Crippen molar-refractivity contribution < 1.29 is 14.3 Å². The molecule has 1 amide bonds. The first-order chi connectivity index (χ1) is 8.42. The van der Waals surface area contributed by atoms with E-state index in [1.165, 1.54) is 7.05 Å². The molecule has 100 valence electrons. The SMILES string of the molecule is COc1cc(C)c(C(C)C(=O)N(C)N)cc1OC. The second-order valence-corrected chi connectivity index (χ2v) is 4.23. The van der Waals surface area contributed by atoms with E-state index in [9.17, 15) is 4.79 Å². The molecule has 0 bridgehead atoms. The van der Waals surface area contributed by atoms with Crippen molar-refractivity contribution in [3.63, 3.8) is 0 Å². The van der Waals surface area contributed by atoms with E-state index in [0.29, 0.717) is 11.5 Å². The number of hydrogen-bond donors (Lipinski definition) is 1. The van der Waals surface area contributed by atoms with Gasteiger partial charge in [0.2, 0.25) is 5.91 Å². The maximum Gasteiger partial charge on any atom is 0.243 e. The molecule has 0 aliphatic rings. The van der Waals surface area contributed by atoms with E-state index in [-0.39, 0.29) is 11.8 Å². The van der Waals surface area contributed by atoms with E-state index in [0.717, 1.165) is 16.1 Å². The Balaban J connectivity index is 3.21. The Morgan fingerprint density at radius 2 is 1.78 bits per heavy atom. The van der Waals surface area contributed by atoms with E-state index in [4.69, 9.17) is 15.3 Å². The van der Waals surface area contributed by atoms with Crippen LogP contribution >= 0.6 is 0 Å². The zero-order valence-electron chi connectivity index (χ0n) is 11.5. The van der Waals surface area contributed by atoms with E-state index in [1.807, 2.05) is 26.0 Å². The highest BCUT2D eigenvalue weighted by Crippen LogP contribution is 2.33. The molecule has 0 fully saturated rings. The molecule has 0 aliphatic heterocycles. The minimum Gasteiger partial charge on any atom is -0.493 e. The van der Waals surface area contributed by atoms with Gasteiger partial charge in [0, 0.05) is 7.05 Å². The molecular weight excluding hydrogens is 232 g/mol. The molecule has 2 N–H and O–H groups in total. The minimum atomic E-state index is -0.320. The number of carbonyl (C=O) groups is 1. The van der Waals surface area contributed by atoms with Crippen LogP contribution in [-0.2, 0) is 4.79 Å². The van der Waals surface area contributed by atoms with Gasteiger partial charge in [0.1, 0.15) is 0 Å². The Labute approximate surface area is 107 Å². The molecule has 0 aliphatic carbocycles. The molecule has 0 saturated heterocycles. The number of nitrogens with zero attached hydrogens (tertiary/aromatic N) is 1. The third-order valence-corrected chi connectivity index (χ3v) is 2.96. The van der Waals surface area contributed by atoms with Crippen molar-refractivity contribution in [1.29, 1.82) is 0 Å². The Kier molecular flexibility index (Phi) is 4.55. The van der Waals surface area contributed by atoms with Crippen molar-refractivity contribution >= 4 is 5.91 Å². The first-order valence-corrected chi connectivity index (χ1v) is 5.67. The molecule has 1 aromatic carbocycles. The summed E-state index contributed by atoms with van der Waals surface area (Å²) < 4.78 is 10.5. The summed E-state index contributed by atoms with van der Waals surface area (Å²) in [4.78, 5) is 11.9. The largest absolute Gasteiger partial charge is 0.493 e. The maximum atomic E-state index is 11.9. The van der Waals surface area contributed by atoms with Crippen LogP contribution in [0.15, 0.2) is 12.1 Å². The second-order valence-electron chi connectivity index (χ2n) is 4.23. The maximum absolute atomic E-state index is 11.9. The molecular formula is C13H20N2O3. The quantitative estimate of drug-likeness (QED) is 0.500. The summed E-state index contributed by atoms with van der Waals surface area (Å²) in [5.74, 6) is 6.27. The fourth-order valence-corrected chi connectivity index (χ4v) is 1.90. The molecule has 1 aromatic rings. The standard InChI is InChI=1S/C13H20N2O3/c1-8-6-11(17-4)12(18-5)7-10(8)9(2)13(16)15(3)14/h6-7,9H,14H2,1-5H3. The molecule has 1 unspecified atom stereocenters. The molecule has 5 heteroatoms. The first kappa shape index (κ1) is 14.3. The second kappa shape index (κ2) is 5.73. The van der Waals surface area contributed by atoms with Crippen molar-refractivity contribution in [2.75, 3.05) is 21.3 Å². The zero-order chi connectivity index (χ0) is 13.9. The number of rotatable bonds is 4. The average molecular weight is 252 g/mol. The molecule has 0 radical (unpaired) electrons. The van der Waals surface area contributed by atoms with Gasteiger partial charge in [0.05, 0.1) is 20.1 Å². The van der Waals surface area contributed by atoms with Crippen LogP contribution in [0.5, 0.6) is 11.5 Å². The highest BCUT2D eigenvalue weighted by Gasteiger charge is 2.21. The zero-order valence-corrected chi connectivity index (χ0v) is 11.5. The predicted octanol–water partition coefficient (Wildman–Crippen LogP) is 1.45. The van der Waals surface area contributed by atoms with Crippen LogP contribution in [0, 0.1) is 6.92 Å². The van der Waals surface area contributed by atoms with Crippen molar-refractivity contribution in [1.82, 2.24) is 5.01 Å². The number of hydrazine groups is 1. The summed E-state index contributed by atoms with van der Waals surface area (Å²) in [6.07, 6.45) is 0. The average Bonchev–Trinajstić information content (AvgIpc) is 2.36. The Hall–Kier alpha value is -1.75. The summed E-state index contributed by atoms with van der Waals surface area (Å²) >= 11 is 0. The van der Waals surface area contributed by atoms with Gasteiger partial charge in [-0.3, -0.25) is 9.80 Å². The van der Waals surface area contributed by atoms with Crippen LogP contribution in [0.25, 0.3) is 0 Å². The van der Waals surface area contributed by atoms with Crippen LogP contribution in [0.3, 0.4) is 0 Å². The number of ether oxygens (including phenoxy) is 2. The number of benzene rings is 1. The number of amides is 1. The van der Waals surface area contributed by atoms with E-state index in [2.05, 4.69) is 0 Å². The van der Waals surface area contributed by atoms with Gasteiger partial charge in [-0.15, -0.1) is 0 Å². The number of aryl methyl sites for hydroxylation is 1. The summed E-state index contributed by atoms with van der Waals surface area (Å²) in [7, 11) is 4.69. The van der Waals surface area contributed by atoms with Crippen LogP contribution < -0.4 is 15.3 Å². The monoisotopic (exact) mass is 252 g/mol. The number of carbonyl (C=O) groups excluding carboxylic acids is 1. The van der Waals surface area contributed by atoms with Gasteiger partial charge in [0.15, 0.2) is 11.5 Å². The van der Waals surface area contributed by atoms with Crippen LogP contribution in [0.1, 0.15) is 24.0 Å². The summed E-state index contributed by atoms with van der Waals surface area (Å²) in [6, 6.07) is 3.68. The Morgan fingerprint density at radius 1 is 1.28 bits per heavy atom. The lowest BCUT2D eigenvalue weighted by Crippen LogP contribution is -2.36. The molecule has 0 spiro atoms. The highest BCUT2D eigenvalue weighted by atomic mass is 16.5. The molecule has 1 rings (SSSR count). The Bertz CT molecular complexity index is 444. The van der Waals surface area contributed by atoms with Gasteiger partial charge in [0.25, 0.3) is 0 Å². The lowest BCUT2D eigenvalue weighted by Gasteiger charge is -2.20. The fourth-order valence-electron chi connectivity index (χ4n) is 1.90. The summed E-state index contributed by atoms with van der Waals surface area (Å²) in [5, 5.41) is 1.10. The molecule has 1 atom stereocenters. The Morgan fingerprint density at radius 3 is 2.22 bits per heavy atom. The third kappa shape index (κ3) is 2.73. The van der Waals surface area contributed by atoms with E-state index < -0.39 is 0 Å². The van der Waals surface area contributed by atoms with Crippen molar-refractivity contribution in [2.24, 2.45) is 5.84 Å². The topological polar surface area (TPSA) is 64.8 Å². The van der Waals surface area contributed by atoms with Gasteiger partial charge in [-0.05, 0) is 37.1 Å². The smallest absolute Gasteiger partial charge is 0.243 e. The highest BCUT2D eigenvalue weighted by molar-refractivity contribution is 5.83. The molecule has 0 aromatic heterocycles. The summed E-state index contributed by atoms with van der Waals surface area (Å²) in [5.41, 5.74) is 1.85. The predicted molar refractivity (Wildman–Crippen MR) is 69.7 cm³/mol. The van der Waals surface area contributed by atoms with Crippen LogP contribution in [0.2, 0.25) is 0 Å². The number of methoxy groups -OCH3 is 2. The molecule has 18 heavy (non-hydrogen) atoms. The van der Waals surface area contributed by atoms with Crippen molar-refractivity contribution in [2.45, 2.75) is 19.8 Å². The number of nitrogens with two attached hydrogens (primary N) is 1.